The Hall–Kier alpha value is -0.830. The van der Waals surface area contributed by atoms with Crippen LogP contribution in [0.4, 0.5) is 0 Å². The van der Waals surface area contributed by atoms with E-state index in [-0.39, 0.29) is 10.6 Å². The summed E-state index contributed by atoms with van der Waals surface area (Å²) < 4.78 is 5.22. The van der Waals surface area contributed by atoms with E-state index in [1.54, 1.807) is 14.0 Å². The van der Waals surface area contributed by atoms with E-state index >= 15 is 0 Å². The van der Waals surface area contributed by atoms with Gasteiger partial charge in [-0.3, -0.25) is 4.79 Å². The van der Waals surface area contributed by atoms with E-state index in [1.807, 2.05) is 25.1 Å². The largest absolute Gasteiger partial charge is 0.496 e. The van der Waals surface area contributed by atoms with E-state index in [9.17, 15) is 4.79 Å². The molecule has 1 aromatic rings. The van der Waals surface area contributed by atoms with Gasteiger partial charge in [-0.25, -0.2) is 0 Å². The molecule has 76 valence electrons. The summed E-state index contributed by atoms with van der Waals surface area (Å²) >= 11 is 3.34. The normalized spacial score (nSPS) is 12.3. The van der Waals surface area contributed by atoms with Gasteiger partial charge in [-0.1, -0.05) is 28.1 Å². The van der Waals surface area contributed by atoms with E-state index in [0.29, 0.717) is 0 Å². The van der Waals surface area contributed by atoms with Crippen molar-refractivity contribution in [1.29, 1.82) is 0 Å². The molecule has 0 aromatic heterocycles. The van der Waals surface area contributed by atoms with Gasteiger partial charge in [0.25, 0.3) is 0 Å². The summed E-state index contributed by atoms with van der Waals surface area (Å²) in [7, 11) is 1.61. The van der Waals surface area contributed by atoms with Crippen LogP contribution in [-0.2, 0) is 4.79 Å². The summed E-state index contributed by atoms with van der Waals surface area (Å²) in [5, 5.41) is 0. The number of ketones is 1. The first-order valence-corrected chi connectivity index (χ1v) is 5.27. The third kappa shape index (κ3) is 2.35. The number of alkyl halides is 1. The van der Waals surface area contributed by atoms with Gasteiger partial charge in [0.05, 0.1) is 7.11 Å². The maximum atomic E-state index is 11.2. The van der Waals surface area contributed by atoms with Crippen LogP contribution in [-0.4, -0.2) is 12.9 Å². The number of Topliss-reactive ketones (excluding diaryl/α,β-unsaturated/α-hetero) is 1. The molecule has 1 aromatic carbocycles. The van der Waals surface area contributed by atoms with E-state index in [1.165, 1.54) is 0 Å². The van der Waals surface area contributed by atoms with Gasteiger partial charge in [0, 0.05) is 5.56 Å². The highest BCUT2D eigenvalue weighted by atomic mass is 79.9. The molecule has 0 radical (unpaired) electrons. The molecule has 14 heavy (non-hydrogen) atoms. The Kier molecular flexibility index (Phi) is 3.69. The molecule has 1 rings (SSSR count). The average molecular weight is 257 g/mol. The Morgan fingerprint density at radius 2 is 2.14 bits per heavy atom. The Bertz CT molecular complexity index is 347. The predicted molar refractivity (Wildman–Crippen MR) is 60.1 cm³/mol. The molecule has 0 saturated carbocycles. The summed E-state index contributed by atoms with van der Waals surface area (Å²) in [6.45, 7) is 3.54. The molecule has 0 aliphatic rings. The Morgan fingerprint density at radius 1 is 1.50 bits per heavy atom. The molecule has 0 fully saturated rings. The first kappa shape index (κ1) is 11.2. The van der Waals surface area contributed by atoms with Crippen molar-refractivity contribution in [1.82, 2.24) is 0 Å². The molecule has 1 atom stereocenters. The molecule has 0 spiro atoms. The number of hydrogen-bond acceptors (Lipinski definition) is 2. The third-order valence-electron chi connectivity index (χ3n) is 2.02. The van der Waals surface area contributed by atoms with Gasteiger partial charge in [0.2, 0.25) is 0 Å². The number of aryl methyl sites for hydroxylation is 1. The second-order valence-corrected chi connectivity index (χ2v) is 4.13. The van der Waals surface area contributed by atoms with Gasteiger partial charge >= 0.3 is 0 Å². The van der Waals surface area contributed by atoms with Crippen LogP contribution in [0, 0.1) is 6.92 Å². The molecule has 1 unspecified atom stereocenters. The third-order valence-corrected chi connectivity index (χ3v) is 3.16. The molecule has 0 amide bonds. The summed E-state index contributed by atoms with van der Waals surface area (Å²) in [6, 6.07) is 5.80. The van der Waals surface area contributed by atoms with Gasteiger partial charge in [-0.05, 0) is 25.5 Å². The highest BCUT2D eigenvalue weighted by Crippen LogP contribution is 2.32. The molecule has 2 nitrogen and oxygen atoms in total. The fraction of sp³-hybridized carbons (Fsp3) is 0.364. The van der Waals surface area contributed by atoms with Gasteiger partial charge in [-0.2, -0.15) is 0 Å². The Labute approximate surface area is 92.4 Å². The van der Waals surface area contributed by atoms with Crippen molar-refractivity contribution >= 4 is 21.7 Å². The van der Waals surface area contributed by atoms with E-state index in [2.05, 4.69) is 15.9 Å². The molecule has 0 bridgehead atoms. The fourth-order valence-electron chi connectivity index (χ4n) is 1.25. The molecule has 0 saturated heterocycles. The zero-order valence-corrected chi connectivity index (χ0v) is 10.1. The van der Waals surface area contributed by atoms with Crippen LogP contribution in [0.2, 0.25) is 0 Å². The van der Waals surface area contributed by atoms with Crippen LogP contribution in [0.15, 0.2) is 18.2 Å². The van der Waals surface area contributed by atoms with E-state index in [0.717, 1.165) is 16.9 Å². The zero-order chi connectivity index (χ0) is 10.7. The van der Waals surface area contributed by atoms with Crippen LogP contribution in [0.3, 0.4) is 0 Å². The minimum Gasteiger partial charge on any atom is -0.496 e. The summed E-state index contributed by atoms with van der Waals surface area (Å²) in [5.41, 5.74) is 2.00. The quantitative estimate of drug-likeness (QED) is 0.778. The number of benzene rings is 1. The highest BCUT2D eigenvalue weighted by molar-refractivity contribution is 9.09. The molecule has 0 aliphatic carbocycles. The standard InChI is InChI=1S/C11H13BrO2/c1-7-4-5-9(10(6-7)14-3)11(12)8(2)13/h4-6,11H,1-3H3. The van der Waals surface area contributed by atoms with Gasteiger partial charge < -0.3 is 4.74 Å². The van der Waals surface area contributed by atoms with Crippen molar-refractivity contribution in [3.63, 3.8) is 0 Å². The van der Waals surface area contributed by atoms with Crippen LogP contribution in [0.5, 0.6) is 5.75 Å². The zero-order valence-electron chi connectivity index (χ0n) is 8.50. The van der Waals surface area contributed by atoms with Crippen LogP contribution >= 0.6 is 15.9 Å². The average Bonchev–Trinajstić information content (AvgIpc) is 2.16. The van der Waals surface area contributed by atoms with Crippen LogP contribution < -0.4 is 4.74 Å². The summed E-state index contributed by atoms with van der Waals surface area (Å²) in [4.78, 5) is 10.9. The molecular weight excluding hydrogens is 244 g/mol. The summed E-state index contributed by atoms with van der Waals surface area (Å²) in [5.74, 6) is 0.828. The van der Waals surface area contributed by atoms with E-state index < -0.39 is 0 Å². The second kappa shape index (κ2) is 4.60. The first-order valence-electron chi connectivity index (χ1n) is 4.35. The smallest absolute Gasteiger partial charge is 0.147 e. The fourth-order valence-corrected chi connectivity index (χ4v) is 1.62. The molecular formula is C11H13BrO2. The van der Waals surface area contributed by atoms with Crippen molar-refractivity contribution in [3.8, 4) is 5.75 Å². The van der Waals surface area contributed by atoms with E-state index in [4.69, 9.17) is 4.74 Å². The first-order chi connectivity index (χ1) is 6.56. The van der Waals surface area contributed by atoms with Crippen molar-refractivity contribution in [2.75, 3.05) is 7.11 Å². The van der Waals surface area contributed by atoms with Crippen molar-refractivity contribution in [2.45, 2.75) is 18.7 Å². The molecule has 0 heterocycles. The van der Waals surface area contributed by atoms with Gasteiger partial charge in [-0.15, -0.1) is 0 Å². The second-order valence-electron chi connectivity index (χ2n) is 3.22. The summed E-state index contributed by atoms with van der Waals surface area (Å²) in [6.07, 6.45) is 0. The lowest BCUT2D eigenvalue weighted by molar-refractivity contribution is -0.116. The Morgan fingerprint density at radius 3 is 2.64 bits per heavy atom. The predicted octanol–water partition coefficient (Wildman–Crippen LogP) is 3.03. The molecule has 3 heteroatoms. The molecule has 0 N–H and O–H groups in total. The topological polar surface area (TPSA) is 26.3 Å². The number of carbonyl (C=O) groups is 1. The number of methoxy groups -OCH3 is 1. The molecule has 0 aliphatic heterocycles. The SMILES string of the molecule is COc1cc(C)ccc1C(Br)C(C)=O. The number of ether oxygens (including phenoxy) is 1. The lowest BCUT2D eigenvalue weighted by atomic mass is 10.1. The van der Waals surface area contributed by atoms with Crippen molar-refractivity contribution in [3.05, 3.63) is 29.3 Å². The lowest BCUT2D eigenvalue weighted by Crippen LogP contribution is -2.03. The number of rotatable bonds is 3. The van der Waals surface area contributed by atoms with Crippen LogP contribution in [0.1, 0.15) is 22.9 Å². The number of hydrogen-bond donors (Lipinski definition) is 0. The monoisotopic (exact) mass is 256 g/mol. The number of halogens is 1. The lowest BCUT2D eigenvalue weighted by Gasteiger charge is -2.12. The Balaban J connectivity index is 3.13. The maximum absolute atomic E-state index is 11.2. The van der Waals surface area contributed by atoms with Gasteiger partial charge in [0.15, 0.2) is 0 Å². The van der Waals surface area contributed by atoms with Crippen molar-refractivity contribution in [2.24, 2.45) is 0 Å². The van der Waals surface area contributed by atoms with Gasteiger partial charge in [0.1, 0.15) is 16.4 Å². The van der Waals surface area contributed by atoms with Crippen LogP contribution in [0.25, 0.3) is 0 Å². The minimum absolute atomic E-state index is 0.0761. The minimum atomic E-state index is -0.280. The number of carbonyl (C=O) groups excluding carboxylic acids is 1. The van der Waals surface area contributed by atoms with Crippen molar-refractivity contribution < 1.29 is 9.53 Å². The highest BCUT2D eigenvalue weighted by Gasteiger charge is 2.16. The maximum Gasteiger partial charge on any atom is 0.147 e.